The molecular weight excluding hydrogens is 251 g/mol. The number of rotatable bonds is 4. The minimum atomic E-state index is -0.120. The van der Waals surface area contributed by atoms with E-state index in [0.717, 1.165) is 19.6 Å². The van der Waals surface area contributed by atoms with Gasteiger partial charge in [-0.3, -0.25) is 4.90 Å². The van der Waals surface area contributed by atoms with E-state index in [1.165, 1.54) is 44.6 Å². The quantitative estimate of drug-likeness (QED) is 0.790. The number of unbranched alkanes of at least 4 members (excludes halogenated alkanes) is 2. The summed E-state index contributed by atoms with van der Waals surface area (Å²) in [6, 6.07) is 0.158. The lowest BCUT2D eigenvalue weighted by Crippen LogP contribution is -2.36. The fourth-order valence-corrected chi connectivity index (χ4v) is 2.44. The second-order valence-electron chi connectivity index (χ2n) is 5.38. The Morgan fingerprint density at radius 3 is 2.55 bits per heavy atom. The maximum absolute atomic E-state index is 13.2. The van der Waals surface area contributed by atoms with Crippen LogP contribution in [0.5, 0.6) is 0 Å². The number of nitrogens with two attached hydrogens (primary N) is 1. The number of piperidine rings is 1. The minimum Gasteiger partial charge on any atom is -0.330 e. The Bertz CT molecular complexity index is 324. The number of likely N-dealkylation sites (tertiary alicyclic amines) is 1. The lowest BCUT2D eigenvalue weighted by atomic mass is 10.1. The monoisotopic (exact) mass is 280 g/mol. The van der Waals surface area contributed by atoms with Crippen molar-refractivity contribution in [3.63, 3.8) is 0 Å². The van der Waals surface area contributed by atoms with E-state index in [0.29, 0.717) is 0 Å². The average molecular weight is 280 g/mol. The van der Waals surface area contributed by atoms with Gasteiger partial charge in [-0.05, 0) is 51.0 Å². The minimum absolute atomic E-state index is 0.120. The Kier molecular flexibility index (Phi) is 9.25. The molecule has 2 N–H and O–H groups in total. The van der Waals surface area contributed by atoms with Gasteiger partial charge in [-0.2, -0.15) is 0 Å². The van der Waals surface area contributed by atoms with Gasteiger partial charge in [0, 0.05) is 6.04 Å². The molecule has 1 aliphatic heterocycles. The van der Waals surface area contributed by atoms with Crippen molar-refractivity contribution < 1.29 is 4.39 Å². The van der Waals surface area contributed by atoms with Gasteiger partial charge in [-0.1, -0.05) is 44.4 Å². The lowest BCUT2D eigenvalue weighted by Gasteiger charge is -2.30. The summed E-state index contributed by atoms with van der Waals surface area (Å²) in [4.78, 5) is 2.34. The first-order valence-electron chi connectivity index (χ1n) is 7.94. The van der Waals surface area contributed by atoms with E-state index in [1.54, 1.807) is 12.2 Å². The first kappa shape index (κ1) is 17.1. The second kappa shape index (κ2) is 10.8. The molecule has 0 aromatic rings. The Hall–Kier alpha value is -0.930. The zero-order valence-electron chi connectivity index (χ0n) is 12.7. The molecule has 1 heterocycles. The highest BCUT2D eigenvalue weighted by atomic mass is 19.1. The molecule has 1 aliphatic carbocycles. The van der Waals surface area contributed by atoms with E-state index in [-0.39, 0.29) is 11.9 Å². The molecule has 0 amide bonds. The van der Waals surface area contributed by atoms with Gasteiger partial charge < -0.3 is 5.73 Å². The van der Waals surface area contributed by atoms with Crippen molar-refractivity contribution in [3.05, 3.63) is 36.2 Å². The number of allylic oxidation sites excluding steroid dienone is 4. The van der Waals surface area contributed by atoms with E-state index in [1.807, 2.05) is 6.08 Å². The van der Waals surface area contributed by atoms with Crippen LogP contribution >= 0.6 is 0 Å². The summed E-state index contributed by atoms with van der Waals surface area (Å²) in [5.74, 6) is -0.120. The number of hydrogen-bond acceptors (Lipinski definition) is 2. The van der Waals surface area contributed by atoms with Crippen molar-refractivity contribution in [2.75, 3.05) is 19.6 Å². The molecule has 0 aromatic heterocycles. The van der Waals surface area contributed by atoms with Gasteiger partial charge in [0.15, 0.2) is 0 Å². The summed E-state index contributed by atoms with van der Waals surface area (Å²) in [5.41, 5.74) is 5.21. The van der Waals surface area contributed by atoms with Gasteiger partial charge >= 0.3 is 0 Å². The lowest BCUT2D eigenvalue weighted by molar-refractivity contribution is 0.214. The third-order valence-corrected chi connectivity index (χ3v) is 3.62. The molecule has 0 spiro atoms. The first-order valence-corrected chi connectivity index (χ1v) is 7.94. The molecule has 1 saturated heterocycles. The van der Waals surface area contributed by atoms with Crippen LogP contribution in [0.25, 0.3) is 0 Å². The molecule has 2 nitrogen and oxygen atoms in total. The average Bonchev–Trinajstić information content (AvgIpc) is 2.71. The number of halogens is 1. The molecule has 0 bridgehead atoms. The van der Waals surface area contributed by atoms with E-state index in [2.05, 4.69) is 17.9 Å². The summed E-state index contributed by atoms with van der Waals surface area (Å²) < 4.78 is 13.2. The highest BCUT2D eigenvalue weighted by Crippen LogP contribution is 2.17. The van der Waals surface area contributed by atoms with Crippen LogP contribution in [0.4, 0.5) is 4.39 Å². The van der Waals surface area contributed by atoms with Crippen LogP contribution in [-0.4, -0.2) is 30.6 Å². The summed E-state index contributed by atoms with van der Waals surface area (Å²) in [5, 5.41) is 0. The first-order chi connectivity index (χ1) is 9.77. The zero-order valence-corrected chi connectivity index (χ0v) is 12.7. The van der Waals surface area contributed by atoms with Crippen molar-refractivity contribution in [3.8, 4) is 0 Å². The molecule has 2 aliphatic rings. The zero-order chi connectivity index (χ0) is 14.6. The maximum Gasteiger partial charge on any atom is 0.121 e. The SMILES string of the molecule is CCCCCN.FC1=CC(N2CCCCC2)C=CC=C1. The van der Waals surface area contributed by atoms with Crippen molar-refractivity contribution in [2.24, 2.45) is 5.73 Å². The van der Waals surface area contributed by atoms with Crippen molar-refractivity contribution in [1.29, 1.82) is 0 Å². The van der Waals surface area contributed by atoms with E-state index in [4.69, 9.17) is 5.73 Å². The predicted octanol–water partition coefficient (Wildman–Crippen LogP) is 3.96. The third kappa shape index (κ3) is 7.01. The Morgan fingerprint density at radius 2 is 1.95 bits per heavy atom. The molecule has 0 radical (unpaired) electrons. The maximum atomic E-state index is 13.2. The largest absolute Gasteiger partial charge is 0.330 e. The molecule has 1 atom stereocenters. The third-order valence-electron chi connectivity index (χ3n) is 3.62. The summed E-state index contributed by atoms with van der Waals surface area (Å²) in [6.45, 7) is 5.22. The summed E-state index contributed by atoms with van der Waals surface area (Å²) in [6.07, 6.45) is 16.5. The highest BCUT2D eigenvalue weighted by Gasteiger charge is 2.17. The highest BCUT2D eigenvalue weighted by molar-refractivity contribution is 5.26. The molecule has 3 heteroatoms. The predicted molar refractivity (Wildman–Crippen MR) is 85.3 cm³/mol. The van der Waals surface area contributed by atoms with Gasteiger partial charge in [0.05, 0.1) is 0 Å². The van der Waals surface area contributed by atoms with Gasteiger partial charge in [0.2, 0.25) is 0 Å². The fourth-order valence-electron chi connectivity index (χ4n) is 2.44. The molecule has 1 fully saturated rings. The molecule has 2 rings (SSSR count). The van der Waals surface area contributed by atoms with Gasteiger partial charge in [0.25, 0.3) is 0 Å². The van der Waals surface area contributed by atoms with Crippen LogP contribution in [-0.2, 0) is 0 Å². The van der Waals surface area contributed by atoms with Crippen LogP contribution in [0, 0.1) is 0 Å². The molecule has 0 aromatic carbocycles. The Labute approximate surface area is 123 Å². The normalized spacial score (nSPS) is 22.8. The second-order valence-corrected chi connectivity index (χ2v) is 5.38. The number of hydrogen-bond donors (Lipinski definition) is 1. The Balaban J connectivity index is 0.000000286. The topological polar surface area (TPSA) is 29.3 Å². The van der Waals surface area contributed by atoms with Crippen molar-refractivity contribution in [2.45, 2.75) is 51.5 Å². The van der Waals surface area contributed by atoms with Crippen LogP contribution < -0.4 is 5.73 Å². The van der Waals surface area contributed by atoms with Gasteiger partial charge in [-0.15, -0.1) is 0 Å². The summed E-state index contributed by atoms with van der Waals surface area (Å²) in [7, 11) is 0. The van der Waals surface area contributed by atoms with Gasteiger partial charge in [-0.25, -0.2) is 4.39 Å². The summed E-state index contributed by atoms with van der Waals surface area (Å²) >= 11 is 0. The van der Waals surface area contributed by atoms with E-state index in [9.17, 15) is 4.39 Å². The molecule has 1 unspecified atom stereocenters. The van der Waals surface area contributed by atoms with Crippen LogP contribution in [0.3, 0.4) is 0 Å². The van der Waals surface area contributed by atoms with Crippen LogP contribution in [0.2, 0.25) is 0 Å². The van der Waals surface area contributed by atoms with E-state index >= 15 is 0 Å². The van der Waals surface area contributed by atoms with Gasteiger partial charge in [0.1, 0.15) is 5.83 Å². The van der Waals surface area contributed by atoms with Crippen LogP contribution in [0.1, 0.15) is 45.4 Å². The van der Waals surface area contributed by atoms with Crippen molar-refractivity contribution >= 4 is 0 Å². The fraction of sp³-hybridized carbons (Fsp3) is 0.647. The standard InChI is InChI=1S/C12H16FN.C5H13N/c13-11-6-2-3-7-12(10-11)14-8-4-1-5-9-14;1-2-3-4-5-6/h2-3,6-7,10,12H,1,4-5,8-9H2;2-6H2,1H3. The molecule has 0 saturated carbocycles. The molecular formula is C17H29FN2. The number of nitrogens with zero attached hydrogens (tertiary/aromatic N) is 1. The Morgan fingerprint density at radius 1 is 1.20 bits per heavy atom. The van der Waals surface area contributed by atoms with E-state index < -0.39 is 0 Å². The molecule has 114 valence electrons. The van der Waals surface area contributed by atoms with Crippen molar-refractivity contribution in [1.82, 2.24) is 4.90 Å². The smallest absolute Gasteiger partial charge is 0.121 e. The van der Waals surface area contributed by atoms with Crippen LogP contribution in [0.15, 0.2) is 36.2 Å². The molecule has 20 heavy (non-hydrogen) atoms.